The average molecular weight is 418 g/mol. The van der Waals surface area contributed by atoms with Crippen molar-refractivity contribution < 1.29 is 26.4 Å². The van der Waals surface area contributed by atoms with Gasteiger partial charge in [0.2, 0.25) is 12.3 Å². The molecule has 4 heteroatoms. The van der Waals surface area contributed by atoms with Crippen LogP contribution in [0.5, 0.6) is 0 Å². The van der Waals surface area contributed by atoms with Gasteiger partial charge in [0, 0.05) is 23.3 Å². The third-order valence-corrected chi connectivity index (χ3v) is 5.36. The molecule has 0 radical (unpaired) electrons. The van der Waals surface area contributed by atoms with Gasteiger partial charge >= 0.3 is 0 Å². The summed E-state index contributed by atoms with van der Waals surface area (Å²) in [7, 11) is 0. The van der Waals surface area contributed by atoms with Crippen LogP contribution in [0.25, 0.3) is 0 Å². The summed E-state index contributed by atoms with van der Waals surface area (Å²) >= 11 is 1.70. The Morgan fingerprint density at radius 1 is 1.08 bits per heavy atom. The Labute approximate surface area is 165 Å². The molecule has 0 fully saturated rings. The summed E-state index contributed by atoms with van der Waals surface area (Å²) in [5.74, 6) is 0.214. The quantitative estimate of drug-likeness (QED) is 0.402. The predicted octanol–water partition coefficient (Wildman–Crippen LogP) is 1.39. The highest BCUT2D eigenvalue weighted by atomic mass is 79.9. The fourth-order valence-electron chi connectivity index (χ4n) is 3.16. The van der Waals surface area contributed by atoms with Crippen LogP contribution in [0.1, 0.15) is 34.3 Å². The number of hydrogen-bond donors (Lipinski definition) is 0. The maximum Gasteiger partial charge on any atom is 0.227 e. The van der Waals surface area contributed by atoms with Crippen molar-refractivity contribution in [3.63, 3.8) is 0 Å². The van der Waals surface area contributed by atoms with Crippen LogP contribution in [-0.4, -0.2) is 35.4 Å². The van der Waals surface area contributed by atoms with Gasteiger partial charge in [-0.15, -0.1) is 11.8 Å². The lowest BCUT2D eigenvalue weighted by Gasteiger charge is -2.05. The summed E-state index contributed by atoms with van der Waals surface area (Å²) in [4.78, 5) is 13.8. The van der Waals surface area contributed by atoms with Crippen LogP contribution in [0.15, 0.2) is 53.4 Å². The van der Waals surface area contributed by atoms with Crippen LogP contribution in [0.4, 0.5) is 0 Å². The lowest BCUT2D eigenvalue weighted by atomic mass is 10.0. The molecular formula is C21H24BrNOS. The van der Waals surface area contributed by atoms with Gasteiger partial charge < -0.3 is 17.0 Å². The third-order valence-electron chi connectivity index (χ3n) is 4.62. The fourth-order valence-corrected chi connectivity index (χ4v) is 3.57. The van der Waals surface area contributed by atoms with E-state index in [1.54, 1.807) is 11.8 Å². The van der Waals surface area contributed by atoms with E-state index in [-0.39, 0.29) is 22.8 Å². The molecule has 25 heavy (non-hydrogen) atoms. The van der Waals surface area contributed by atoms with Crippen molar-refractivity contribution in [1.82, 2.24) is 0 Å². The van der Waals surface area contributed by atoms with Crippen molar-refractivity contribution in [3.8, 4) is 0 Å². The second-order valence-corrected chi connectivity index (χ2v) is 7.29. The Balaban J connectivity index is 0.00000225. The number of halogens is 1. The average Bonchev–Trinajstić information content (AvgIpc) is 3.03. The lowest BCUT2D eigenvalue weighted by Crippen LogP contribution is -3.00. The minimum Gasteiger partial charge on any atom is -1.00 e. The number of benzene rings is 2. The van der Waals surface area contributed by atoms with Gasteiger partial charge in [0.05, 0.1) is 6.42 Å². The Morgan fingerprint density at radius 2 is 1.76 bits per heavy atom. The number of carbonyl (C=O) groups is 1. The first kappa shape index (κ1) is 19.9. The van der Waals surface area contributed by atoms with Gasteiger partial charge in [0.25, 0.3) is 0 Å². The van der Waals surface area contributed by atoms with Gasteiger partial charge in [-0.05, 0) is 30.9 Å². The van der Waals surface area contributed by atoms with Crippen LogP contribution in [0.3, 0.4) is 0 Å². The first-order chi connectivity index (χ1) is 11.7. The summed E-state index contributed by atoms with van der Waals surface area (Å²) in [6.45, 7) is 3.61. The van der Waals surface area contributed by atoms with E-state index in [9.17, 15) is 4.79 Å². The van der Waals surface area contributed by atoms with Crippen molar-refractivity contribution in [1.29, 1.82) is 0 Å². The number of aryl methyl sites for hydroxylation is 1. The minimum absolute atomic E-state index is 0. The maximum absolute atomic E-state index is 12.6. The van der Waals surface area contributed by atoms with Crippen molar-refractivity contribution in [3.05, 3.63) is 65.2 Å². The van der Waals surface area contributed by atoms with E-state index in [4.69, 9.17) is 0 Å². The SMILES string of the molecule is CSc1ccc(C(=O)C[N+]2=C(Cc3ccc(C)cc3)CCC2)cc1.[Br-]. The second kappa shape index (κ2) is 9.35. The number of ketones is 1. The topological polar surface area (TPSA) is 20.1 Å². The molecule has 132 valence electrons. The molecule has 0 bridgehead atoms. The normalized spacial score (nSPS) is 13.7. The summed E-state index contributed by atoms with van der Waals surface area (Å²) in [5, 5.41) is 0. The van der Waals surface area contributed by atoms with Gasteiger partial charge in [-0.25, -0.2) is 4.58 Å². The predicted molar refractivity (Wildman–Crippen MR) is 102 cm³/mol. The van der Waals surface area contributed by atoms with Crippen molar-refractivity contribution in [2.45, 2.75) is 31.1 Å². The Bertz CT molecular complexity index is 750. The van der Waals surface area contributed by atoms with Crippen LogP contribution >= 0.6 is 11.8 Å². The Morgan fingerprint density at radius 3 is 2.40 bits per heavy atom. The molecule has 1 aliphatic rings. The summed E-state index contributed by atoms with van der Waals surface area (Å²) in [6.07, 6.45) is 5.26. The molecule has 0 saturated carbocycles. The van der Waals surface area contributed by atoms with Gasteiger partial charge in [-0.3, -0.25) is 4.79 Å². The number of thioether (sulfide) groups is 1. The number of Topliss-reactive ketones (excluding diaryl/α,β-unsaturated/α-hetero) is 1. The van der Waals surface area contributed by atoms with E-state index in [2.05, 4.69) is 35.8 Å². The molecule has 0 N–H and O–H groups in total. The zero-order valence-electron chi connectivity index (χ0n) is 14.8. The van der Waals surface area contributed by atoms with E-state index in [0.717, 1.165) is 31.4 Å². The third kappa shape index (κ3) is 5.29. The number of carbonyl (C=O) groups excluding carboxylic acids is 1. The van der Waals surface area contributed by atoms with Crippen LogP contribution < -0.4 is 17.0 Å². The summed E-state index contributed by atoms with van der Waals surface area (Å²) in [6, 6.07) is 16.7. The molecular weight excluding hydrogens is 394 g/mol. The van der Waals surface area contributed by atoms with Gasteiger partial charge in [0.1, 0.15) is 6.54 Å². The van der Waals surface area contributed by atoms with Crippen molar-refractivity contribution >= 4 is 23.3 Å². The van der Waals surface area contributed by atoms with E-state index in [1.807, 2.05) is 30.5 Å². The Kier molecular flexibility index (Phi) is 7.45. The molecule has 0 saturated heterocycles. The molecule has 2 aromatic rings. The van der Waals surface area contributed by atoms with Gasteiger partial charge in [-0.2, -0.15) is 0 Å². The first-order valence-corrected chi connectivity index (χ1v) is 9.70. The van der Waals surface area contributed by atoms with Crippen LogP contribution in [0.2, 0.25) is 0 Å². The standard InChI is InChI=1S/C21H24NOS.BrH/c1-16-5-7-17(8-6-16)14-19-4-3-13-22(19)15-21(23)18-9-11-20(24-2)12-10-18;/h5-12H,3-4,13-15H2,1-2H3;1H/q+1;/p-1. The molecule has 1 aliphatic heterocycles. The monoisotopic (exact) mass is 417 g/mol. The van der Waals surface area contributed by atoms with Gasteiger partial charge in [0.15, 0.2) is 5.71 Å². The highest BCUT2D eigenvalue weighted by Crippen LogP contribution is 2.16. The molecule has 2 nitrogen and oxygen atoms in total. The summed E-state index contributed by atoms with van der Waals surface area (Å²) < 4.78 is 2.28. The second-order valence-electron chi connectivity index (χ2n) is 6.41. The molecule has 0 aliphatic carbocycles. The zero-order valence-corrected chi connectivity index (χ0v) is 17.2. The van der Waals surface area contributed by atoms with Crippen molar-refractivity contribution in [2.75, 3.05) is 19.3 Å². The van der Waals surface area contributed by atoms with Crippen molar-refractivity contribution in [2.24, 2.45) is 0 Å². The van der Waals surface area contributed by atoms with Crippen LogP contribution in [0, 0.1) is 6.92 Å². The van der Waals surface area contributed by atoms with E-state index in [1.165, 1.54) is 21.7 Å². The van der Waals surface area contributed by atoms with E-state index in [0.29, 0.717) is 6.54 Å². The molecule has 3 rings (SSSR count). The molecule has 1 heterocycles. The summed E-state index contributed by atoms with van der Waals surface area (Å²) in [5.41, 5.74) is 4.83. The lowest BCUT2D eigenvalue weighted by molar-refractivity contribution is -0.507. The van der Waals surface area contributed by atoms with E-state index >= 15 is 0 Å². The Hall–Kier alpha value is -1.39. The van der Waals surface area contributed by atoms with E-state index < -0.39 is 0 Å². The fraction of sp³-hybridized carbons (Fsp3) is 0.333. The highest BCUT2D eigenvalue weighted by Gasteiger charge is 2.25. The molecule has 0 unspecified atom stereocenters. The molecule has 0 aromatic heterocycles. The first-order valence-electron chi connectivity index (χ1n) is 8.48. The number of rotatable bonds is 6. The largest absolute Gasteiger partial charge is 1.00 e. The maximum atomic E-state index is 12.6. The molecule has 0 amide bonds. The number of nitrogens with zero attached hydrogens (tertiary/aromatic N) is 1. The smallest absolute Gasteiger partial charge is 0.227 e. The molecule has 2 aromatic carbocycles. The minimum atomic E-state index is 0. The van der Waals surface area contributed by atoms with Crippen LogP contribution in [-0.2, 0) is 6.42 Å². The zero-order chi connectivity index (χ0) is 16.9. The van der Waals surface area contributed by atoms with Gasteiger partial charge in [-0.1, -0.05) is 42.0 Å². The number of hydrogen-bond acceptors (Lipinski definition) is 2. The highest BCUT2D eigenvalue weighted by molar-refractivity contribution is 7.98. The molecule has 0 spiro atoms. The molecule has 0 atom stereocenters.